The Morgan fingerprint density at radius 2 is 1.84 bits per heavy atom. The number of piperazine rings is 1. The van der Waals surface area contributed by atoms with Crippen LogP contribution in [0.5, 0.6) is 0 Å². The lowest BCUT2D eigenvalue weighted by Gasteiger charge is -2.28. The van der Waals surface area contributed by atoms with Crippen LogP contribution in [-0.4, -0.2) is 36.4 Å². The van der Waals surface area contributed by atoms with E-state index in [0.717, 1.165) is 24.4 Å². The number of thiazole rings is 1. The van der Waals surface area contributed by atoms with Crippen molar-refractivity contribution in [1.29, 1.82) is 0 Å². The number of rotatable bonds is 5. The van der Waals surface area contributed by atoms with Crippen LogP contribution in [0.1, 0.15) is 11.3 Å². The van der Waals surface area contributed by atoms with Crippen molar-refractivity contribution in [2.45, 2.75) is 12.6 Å². The second kappa shape index (κ2) is 8.99. The molecule has 1 aromatic heterocycles. The van der Waals surface area contributed by atoms with Gasteiger partial charge in [0.2, 0.25) is 11.8 Å². The van der Waals surface area contributed by atoms with Gasteiger partial charge in [0.05, 0.1) is 24.2 Å². The molecule has 0 radical (unpaired) electrons. The Labute approximate surface area is 186 Å². The highest BCUT2D eigenvalue weighted by Crippen LogP contribution is 2.31. The van der Waals surface area contributed by atoms with Crippen LogP contribution in [0.3, 0.4) is 0 Å². The highest BCUT2D eigenvalue weighted by molar-refractivity contribution is 7.13. The summed E-state index contributed by atoms with van der Waals surface area (Å²) in [7, 11) is 0. The number of hydrogen-bond donors (Lipinski definition) is 2. The average molecular weight is 460 g/mol. The number of carbonyl (C=O) groups is 2. The third kappa shape index (κ3) is 5.25. The molecule has 1 fully saturated rings. The summed E-state index contributed by atoms with van der Waals surface area (Å²) in [5.74, 6) is -0.271. The van der Waals surface area contributed by atoms with Gasteiger partial charge in [-0.05, 0) is 36.4 Å². The summed E-state index contributed by atoms with van der Waals surface area (Å²) >= 11 is 1.27. The largest absolute Gasteiger partial charge is 0.416 e. The van der Waals surface area contributed by atoms with Gasteiger partial charge in [-0.3, -0.25) is 9.59 Å². The second-order valence-corrected chi connectivity index (χ2v) is 8.12. The number of amides is 2. The summed E-state index contributed by atoms with van der Waals surface area (Å²) in [4.78, 5) is 30.2. The summed E-state index contributed by atoms with van der Waals surface area (Å²) in [6.07, 6.45) is -4.34. The molecular formula is C22H19F3N4O2S. The molecule has 2 N–H and O–H groups in total. The molecule has 3 aromatic rings. The van der Waals surface area contributed by atoms with Crippen molar-refractivity contribution in [3.63, 3.8) is 0 Å². The van der Waals surface area contributed by atoms with Gasteiger partial charge < -0.3 is 15.5 Å². The predicted octanol–water partition coefficient (Wildman–Crippen LogP) is 3.95. The average Bonchev–Trinajstić information content (AvgIpc) is 3.22. The molecule has 1 aliphatic heterocycles. The Hall–Kier alpha value is -3.40. The molecule has 2 aromatic carbocycles. The van der Waals surface area contributed by atoms with E-state index >= 15 is 0 Å². The summed E-state index contributed by atoms with van der Waals surface area (Å²) in [5.41, 5.74) is 1.92. The van der Waals surface area contributed by atoms with Crippen molar-refractivity contribution in [3.8, 4) is 10.6 Å². The van der Waals surface area contributed by atoms with E-state index in [2.05, 4.69) is 15.6 Å². The zero-order valence-electron chi connectivity index (χ0n) is 16.8. The molecule has 4 rings (SSSR count). The standard InChI is InChI=1S/C22H19F3N4O2S/c23-22(24,25)15-3-1-14(2-4-15)21-28-17(13-32-21)11-19(30)27-16-5-7-18(8-6-16)29-10-9-26-20(31)12-29/h1-8,13H,9-12H2,(H,26,31)(H,27,30). The number of halogens is 3. The number of anilines is 2. The van der Waals surface area contributed by atoms with Crippen molar-refractivity contribution >= 4 is 34.5 Å². The van der Waals surface area contributed by atoms with Crippen LogP contribution < -0.4 is 15.5 Å². The molecule has 0 spiro atoms. The quantitative estimate of drug-likeness (QED) is 0.605. The lowest BCUT2D eigenvalue weighted by molar-refractivity contribution is -0.137. The Kier molecular flexibility index (Phi) is 6.13. The first-order valence-electron chi connectivity index (χ1n) is 9.81. The van der Waals surface area contributed by atoms with Crippen molar-refractivity contribution in [1.82, 2.24) is 10.3 Å². The SMILES string of the molecule is O=C1CN(c2ccc(NC(=O)Cc3csc(-c4ccc(C(F)(F)F)cc4)n3)cc2)CCN1. The number of nitrogens with one attached hydrogen (secondary N) is 2. The second-order valence-electron chi connectivity index (χ2n) is 7.26. The number of nitrogens with zero attached hydrogens (tertiary/aromatic N) is 2. The molecule has 1 aliphatic rings. The zero-order chi connectivity index (χ0) is 22.7. The molecule has 6 nitrogen and oxygen atoms in total. The lowest BCUT2D eigenvalue weighted by Crippen LogP contribution is -2.47. The van der Waals surface area contributed by atoms with Crippen molar-refractivity contribution in [2.75, 3.05) is 29.9 Å². The van der Waals surface area contributed by atoms with Gasteiger partial charge in [-0.15, -0.1) is 11.3 Å². The number of benzene rings is 2. The Bertz CT molecular complexity index is 1110. The molecule has 2 heterocycles. The number of alkyl halides is 3. The van der Waals surface area contributed by atoms with Crippen molar-refractivity contribution in [2.24, 2.45) is 0 Å². The van der Waals surface area contributed by atoms with E-state index < -0.39 is 11.7 Å². The first-order chi connectivity index (χ1) is 15.3. The van der Waals surface area contributed by atoms with Crippen molar-refractivity contribution in [3.05, 3.63) is 65.2 Å². The molecule has 2 amide bonds. The van der Waals surface area contributed by atoms with E-state index in [0.29, 0.717) is 35.0 Å². The monoisotopic (exact) mass is 460 g/mol. The minimum atomic E-state index is -4.38. The minimum absolute atomic E-state index is 0.0208. The molecule has 0 atom stereocenters. The van der Waals surface area contributed by atoms with Gasteiger partial charge >= 0.3 is 6.18 Å². The number of carbonyl (C=O) groups excluding carboxylic acids is 2. The first-order valence-corrected chi connectivity index (χ1v) is 10.7. The van der Waals surface area contributed by atoms with E-state index in [1.807, 2.05) is 17.0 Å². The highest BCUT2D eigenvalue weighted by atomic mass is 32.1. The number of hydrogen-bond acceptors (Lipinski definition) is 5. The fourth-order valence-corrected chi connectivity index (χ4v) is 4.13. The summed E-state index contributed by atoms with van der Waals surface area (Å²) in [5, 5.41) is 7.85. The molecule has 0 bridgehead atoms. The van der Waals surface area contributed by atoms with Crippen LogP contribution >= 0.6 is 11.3 Å². The van der Waals surface area contributed by atoms with Crippen LogP contribution in [0.25, 0.3) is 10.6 Å². The van der Waals surface area contributed by atoms with E-state index in [1.165, 1.54) is 23.5 Å². The molecule has 0 aliphatic carbocycles. The van der Waals surface area contributed by atoms with Gasteiger partial charge in [0.15, 0.2) is 0 Å². The van der Waals surface area contributed by atoms with Crippen LogP contribution in [0, 0.1) is 0 Å². The zero-order valence-corrected chi connectivity index (χ0v) is 17.6. The van der Waals surface area contributed by atoms with E-state index in [1.54, 1.807) is 17.5 Å². The maximum atomic E-state index is 12.7. The summed E-state index contributed by atoms with van der Waals surface area (Å²) in [6.45, 7) is 1.62. The van der Waals surface area contributed by atoms with Crippen LogP contribution in [-0.2, 0) is 22.2 Å². The third-order valence-corrected chi connectivity index (χ3v) is 5.85. The molecule has 32 heavy (non-hydrogen) atoms. The molecular weight excluding hydrogens is 441 g/mol. The molecule has 10 heteroatoms. The fourth-order valence-electron chi connectivity index (χ4n) is 3.31. The predicted molar refractivity (Wildman–Crippen MR) is 117 cm³/mol. The maximum absolute atomic E-state index is 12.7. The van der Waals surface area contributed by atoms with Crippen LogP contribution in [0.4, 0.5) is 24.5 Å². The molecule has 0 saturated carbocycles. The fraction of sp³-hybridized carbons (Fsp3) is 0.227. The lowest BCUT2D eigenvalue weighted by atomic mass is 10.1. The van der Waals surface area contributed by atoms with Gasteiger partial charge in [-0.2, -0.15) is 13.2 Å². The minimum Gasteiger partial charge on any atom is -0.360 e. The van der Waals surface area contributed by atoms with Gasteiger partial charge in [0, 0.05) is 35.4 Å². The van der Waals surface area contributed by atoms with Gasteiger partial charge in [0.25, 0.3) is 0 Å². The van der Waals surface area contributed by atoms with Gasteiger partial charge in [0.1, 0.15) is 5.01 Å². The Morgan fingerprint density at radius 3 is 2.50 bits per heavy atom. The van der Waals surface area contributed by atoms with Gasteiger partial charge in [-0.1, -0.05) is 12.1 Å². The molecule has 0 unspecified atom stereocenters. The molecule has 1 saturated heterocycles. The summed E-state index contributed by atoms with van der Waals surface area (Å²) < 4.78 is 38.1. The molecule has 166 valence electrons. The van der Waals surface area contributed by atoms with E-state index in [-0.39, 0.29) is 18.2 Å². The normalized spacial score (nSPS) is 14.2. The van der Waals surface area contributed by atoms with Crippen LogP contribution in [0.2, 0.25) is 0 Å². The summed E-state index contributed by atoms with van der Waals surface area (Å²) in [6, 6.07) is 12.0. The Morgan fingerprint density at radius 1 is 1.12 bits per heavy atom. The van der Waals surface area contributed by atoms with E-state index in [4.69, 9.17) is 0 Å². The van der Waals surface area contributed by atoms with Crippen LogP contribution in [0.15, 0.2) is 53.9 Å². The smallest absolute Gasteiger partial charge is 0.360 e. The van der Waals surface area contributed by atoms with E-state index in [9.17, 15) is 22.8 Å². The Balaban J connectivity index is 1.35. The highest BCUT2D eigenvalue weighted by Gasteiger charge is 2.30. The van der Waals surface area contributed by atoms with Gasteiger partial charge in [-0.25, -0.2) is 4.98 Å². The maximum Gasteiger partial charge on any atom is 0.416 e. The topological polar surface area (TPSA) is 74.3 Å². The number of aromatic nitrogens is 1. The third-order valence-electron chi connectivity index (χ3n) is 4.91. The first kappa shape index (κ1) is 21.8. The van der Waals surface area contributed by atoms with Crippen molar-refractivity contribution < 1.29 is 22.8 Å².